The first-order chi connectivity index (χ1) is 27.3. The lowest BCUT2D eigenvalue weighted by atomic mass is 9.80. The highest BCUT2D eigenvalue weighted by atomic mass is 15.1. The number of anilines is 6. The van der Waals surface area contributed by atoms with Crippen molar-refractivity contribution in [3.63, 3.8) is 0 Å². The van der Waals surface area contributed by atoms with Crippen LogP contribution in [0.4, 0.5) is 34.1 Å². The van der Waals surface area contributed by atoms with E-state index in [1.807, 2.05) is 0 Å². The van der Waals surface area contributed by atoms with Gasteiger partial charge in [0, 0.05) is 45.0 Å². The molecule has 56 heavy (non-hydrogen) atoms. The third kappa shape index (κ3) is 5.39. The third-order valence-corrected chi connectivity index (χ3v) is 12.2. The number of hydrogen-bond acceptors (Lipinski definition) is 2. The van der Waals surface area contributed by atoms with Crippen LogP contribution in [0.25, 0.3) is 33.4 Å². The molecule has 270 valence electrons. The lowest BCUT2D eigenvalue weighted by Gasteiger charge is -2.28. The summed E-state index contributed by atoms with van der Waals surface area (Å²) in [5, 5.41) is 0. The molecule has 0 unspecified atom stereocenters. The molecule has 0 spiro atoms. The molecule has 2 nitrogen and oxygen atoms in total. The van der Waals surface area contributed by atoms with Gasteiger partial charge in [-0.3, -0.25) is 0 Å². The maximum absolute atomic E-state index is 2.45. The fraction of sp³-hybridized carbons (Fsp3) is 0.111. The van der Waals surface area contributed by atoms with Crippen molar-refractivity contribution in [1.29, 1.82) is 0 Å². The van der Waals surface area contributed by atoms with Crippen molar-refractivity contribution in [2.75, 3.05) is 9.80 Å². The number of benzene rings is 8. The minimum absolute atomic E-state index is 0.165. The van der Waals surface area contributed by atoms with Gasteiger partial charge in [0.15, 0.2) is 0 Å². The molecule has 0 heterocycles. The molecule has 0 atom stereocenters. The number of fused-ring (bicyclic) bond motifs is 6. The molecule has 2 aliphatic carbocycles. The molecule has 0 radical (unpaired) electrons. The Bertz CT molecular complexity index is 2460. The topological polar surface area (TPSA) is 6.48 Å². The van der Waals surface area contributed by atoms with Gasteiger partial charge in [0.25, 0.3) is 0 Å². The van der Waals surface area contributed by atoms with E-state index in [1.165, 1.54) is 67.0 Å². The van der Waals surface area contributed by atoms with Gasteiger partial charge in [0.1, 0.15) is 0 Å². The van der Waals surface area contributed by atoms with Crippen LogP contribution in [-0.2, 0) is 10.8 Å². The standard InChI is InChI=1S/C54H44N2/c1-53(2)49-33-37(25-29-45(49)47-31-27-43(35-51(47)53)55(39-17-9-5-10-18-39)40-19-11-6-12-20-40)38-26-30-46-48-32-28-44(36-52(48)54(3,4)50(46)34-38)56(41-21-13-7-14-22-41)42-23-15-8-16-24-42/h5-36H,1-4H3. The molecule has 10 rings (SSSR count). The monoisotopic (exact) mass is 720 g/mol. The first-order valence-corrected chi connectivity index (χ1v) is 19.7. The van der Waals surface area contributed by atoms with Gasteiger partial charge >= 0.3 is 0 Å². The van der Waals surface area contributed by atoms with Crippen LogP contribution in [-0.4, -0.2) is 0 Å². The summed E-state index contributed by atoms with van der Waals surface area (Å²) in [5.74, 6) is 0. The molecule has 0 bridgehead atoms. The van der Waals surface area contributed by atoms with Crippen LogP contribution in [0.15, 0.2) is 194 Å². The van der Waals surface area contributed by atoms with Crippen molar-refractivity contribution >= 4 is 34.1 Å². The van der Waals surface area contributed by atoms with Crippen molar-refractivity contribution in [3.8, 4) is 33.4 Å². The number of para-hydroxylation sites is 4. The highest BCUT2D eigenvalue weighted by Crippen LogP contribution is 2.54. The molecule has 0 fully saturated rings. The SMILES string of the molecule is CC1(C)c2cc(-c3ccc4c(c3)C(C)(C)c3cc(N(c5ccccc5)c5ccccc5)ccc3-4)ccc2-c2ccc(N(c3ccccc3)c3ccccc3)cc21. The summed E-state index contributed by atoms with van der Waals surface area (Å²) in [6.45, 7) is 9.53. The zero-order chi connectivity index (χ0) is 38.0. The van der Waals surface area contributed by atoms with Crippen LogP contribution in [0.1, 0.15) is 49.9 Å². The van der Waals surface area contributed by atoms with Gasteiger partial charge in [-0.2, -0.15) is 0 Å². The fourth-order valence-corrected chi connectivity index (χ4v) is 9.29. The maximum atomic E-state index is 2.45. The largest absolute Gasteiger partial charge is 0.310 e. The predicted octanol–water partition coefficient (Wildman–Crippen LogP) is 14.9. The molecular weight excluding hydrogens is 677 g/mol. The Balaban J connectivity index is 1.00. The summed E-state index contributed by atoms with van der Waals surface area (Å²) < 4.78 is 0. The van der Waals surface area contributed by atoms with Crippen LogP contribution in [0.2, 0.25) is 0 Å². The molecule has 0 saturated carbocycles. The molecule has 8 aromatic carbocycles. The minimum atomic E-state index is -0.165. The zero-order valence-electron chi connectivity index (χ0n) is 32.4. The second-order valence-corrected chi connectivity index (χ2v) is 16.2. The number of nitrogens with zero attached hydrogens (tertiary/aromatic N) is 2. The van der Waals surface area contributed by atoms with Crippen LogP contribution in [0.5, 0.6) is 0 Å². The van der Waals surface area contributed by atoms with E-state index in [0.717, 1.165) is 22.7 Å². The van der Waals surface area contributed by atoms with Crippen molar-refractivity contribution in [1.82, 2.24) is 0 Å². The average Bonchev–Trinajstić information content (AvgIpc) is 3.61. The fourth-order valence-electron chi connectivity index (χ4n) is 9.29. The van der Waals surface area contributed by atoms with Crippen LogP contribution in [0, 0.1) is 0 Å². The van der Waals surface area contributed by atoms with Crippen LogP contribution < -0.4 is 9.80 Å². The Kier molecular flexibility index (Phi) is 7.87. The Morgan fingerprint density at radius 2 is 0.536 bits per heavy atom. The number of rotatable bonds is 7. The minimum Gasteiger partial charge on any atom is -0.310 e. The smallest absolute Gasteiger partial charge is 0.0465 e. The van der Waals surface area contributed by atoms with Crippen molar-refractivity contribution in [2.45, 2.75) is 38.5 Å². The van der Waals surface area contributed by atoms with Crippen molar-refractivity contribution in [2.24, 2.45) is 0 Å². The Morgan fingerprint density at radius 3 is 0.839 bits per heavy atom. The lowest BCUT2D eigenvalue weighted by molar-refractivity contribution is 0.659. The first-order valence-electron chi connectivity index (χ1n) is 19.7. The summed E-state index contributed by atoms with van der Waals surface area (Å²) in [4.78, 5) is 4.72. The summed E-state index contributed by atoms with van der Waals surface area (Å²) in [5.41, 5.74) is 19.9. The van der Waals surface area contributed by atoms with Gasteiger partial charge in [-0.15, -0.1) is 0 Å². The lowest BCUT2D eigenvalue weighted by Crippen LogP contribution is -2.17. The molecule has 0 aliphatic heterocycles. The molecular formula is C54H44N2. The highest BCUT2D eigenvalue weighted by Gasteiger charge is 2.38. The molecule has 8 aromatic rings. The second kappa shape index (κ2) is 13.0. The summed E-state index contributed by atoms with van der Waals surface area (Å²) in [6, 6.07) is 71.0. The zero-order valence-corrected chi connectivity index (χ0v) is 32.4. The van der Waals surface area contributed by atoms with Gasteiger partial charge in [-0.1, -0.05) is 137 Å². The van der Waals surface area contributed by atoms with E-state index in [-0.39, 0.29) is 10.8 Å². The molecule has 2 aliphatic rings. The van der Waals surface area contributed by atoms with E-state index in [4.69, 9.17) is 0 Å². The molecule has 0 N–H and O–H groups in total. The van der Waals surface area contributed by atoms with E-state index in [1.54, 1.807) is 0 Å². The van der Waals surface area contributed by atoms with E-state index in [2.05, 4.69) is 232 Å². The van der Waals surface area contributed by atoms with Crippen LogP contribution >= 0.6 is 0 Å². The van der Waals surface area contributed by atoms with Crippen molar-refractivity contribution in [3.05, 3.63) is 216 Å². The quantitative estimate of drug-likeness (QED) is 0.162. The third-order valence-electron chi connectivity index (χ3n) is 12.2. The molecule has 2 heteroatoms. The maximum Gasteiger partial charge on any atom is 0.0465 e. The molecule has 0 aromatic heterocycles. The highest BCUT2D eigenvalue weighted by molar-refractivity contribution is 5.90. The summed E-state index contributed by atoms with van der Waals surface area (Å²) >= 11 is 0. The van der Waals surface area contributed by atoms with Crippen LogP contribution in [0.3, 0.4) is 0 Å². The normalized spacial score (nSPS) is 14.0. The Morgan fingerprint density at radius 1 is 0.268 bits per heavy atom. The second-order valence-electron chi connectivity index (χ2n) is 16.2. The van der Waals surface area contributed by atoms with Gasteiger partial charge in [-0.05, 0) is 141 Å². The predicted molar refractivity (Wildman–Crippen MR) is 236 cm³/mol. The van der Waals surface area contributed by atoms with Gasteiger partial charge in [0.2, 0.25) is 0 Å². The van der Waals surface area contributed by atoms with E-state index >= 15 is 0 Å². The van der Waals surface area contributed by atoms with E-state index < -0.39 is 0 Å². The Hall–Kier alpha value is -6.64. The number of hydrogen-bond donors (Lipinski definition) is 0. The van der Waals surface area contributed by atoms with Gasteiger partial charge in [-0.25, -0.2) is 0 Å². The van der Waals surface area contributed by atoms with E-state index in [0.29, 0.717) is 0 Å². The average molecular weight is 721 g/mol. The first kappa shape index (κ1) is 33.9. The summed E-state index contributed by atoms with van der Waals surface area (Å²) in [6.07, 6.45) is 0. The van der Waals surface area contributed by atoms with Crippen molar-refractivity contribution < 1.29 is 0 Å². The van der Waals surface area contributed by atoms with E-state index in [9.17, 15) is 0 Å². The molecule has 0 saturated heterocycles. The van der Waals surface area contributed by atoms with Gasteiger partial charge < -0.3 is 9.80 Å². The molecule has 0 amide bonds. The summed E-state index contributed by atoms with van der Waals surface area (Å²) in [7, 11) is 0. The van der Waals surface area contributed by atoms with Gasteiger partial charge in [0.05, 0.1) is 0 Å². The Labute approximate surface area is 331 Å².